The number of nitrogens with two attached hydrogens (primary N) is 1. The van der Waals surface area contributed by atoms with Gasteiger partial charge in [-0.2, -0.15) is 0 Å². The number of hydrogen-bond donors (Lipinski definition) is 2. The van der Waals surface area contributed by atoms with Gasteiger partial charge in [-0.1, -0.05) is 26.2 Å². The van der Waals surface area contributed by atoms with E-state index in [-0.39, 0.29) is 11.4 Å². The lowest BCUT2D eigenvalue weighted by molar-refractivity contribution is -0.157. The first-order valence-corrected chi connectivity index (χ1v) is 6.75. The molecule has 0 aromatic rings. The summed E-state index contributed by atoms with van der Waals surface area (Å²) in [7, 11) is 0. The van der Waals surface area contributed by atoms with E-state index in [1.54, 1.807) is 4.90 Å². The van der Waals surface area contributed by atoms with E-state index in [1.807, 2.05) is 0 Å². The molecule has 98 valence electrons. The fourth-order valence-corrected chi connectivity index (χ4v) is 3.13. The maximum absolute atomic E-state index is 12.0. The minimum atomic E-state index is -0.623. The number of nitrogens with zero attached hydrogens (tertiary/aromatic N) is 1. The molecule has 1 aliphatic heterocycles. The first-order valence-electron chi connectivity index (χ1n) is 6.75. The molecule has 2 aliphatic rings. The van der Waals surface area contributed by atoms with Crippen molar-refractivity contribution < 1.29 is 9.90 Å². The molecule has 3 N–H and O–H groups in total. The highest BCUT2D eigenvalue weighted by molar-refractivity contribution is 5.78. The van der Waals surface area contributed by atoms with Gasteiger partial charge in [0.15, 0.2) is 0 Å². The van der Waals surface area contributed by atoms with Crippen molar-refractivity contribution in [2.24, 2.45) is 5.73 Å². The third-order valence-corrected chi connectivity index (χ3v) is 4.14. The predicted molar refractivity (Wildman–Crippen MR) is 66.4 cm³/mol. The number of amides is 1. The van der Waals surface area contributed by atoms with E-state index in [4.69, 9.17) is 5.73 Å². The molecule has 1 aliphatic carbocycles. The number of likely N-dealkylation sites (tertiary alicyclic amines) is 1. The standard InChI is InChI=1S/C13H24N2O2/c1-2-5-13(17)9-15(10-13)11(16)8-12(14)6-3-4-7-12/h17H,2-10,14H2,1H3. The van der Waals surface area contributed by atoms with E-state index in [9.17, 15) is 9.90 Å². The Balaban J connectivity index is 1.79. The van der Waals surface area contributed by atoms with E-state index in [2.05, 4.69) is 6.92 Å². The zero-order valence-electron chi connectivity index (χ0n) is 10.7. The van der Waals surface area contributed by atoms with Crippen LogP contribution in [0.25, 0.3) is 0 Å². The average molecular weight is 240 g/mol. The molecule has 2 rings (SSSR count). The summed E-state index contributed by atoms with van der Waals surface area (Å²) >= 11 is 0. The molecule has 17 heavy (non-hydrogen) atoms. The molecule has 1 saturated carbocycles. The van der Waals surface area contributed by atoms with Crippen molar-refractivity contribution in [2.75, 3.05) is 13.1 Å². The van der Waals surface area contributed by atoms with Crippen LogP contribution in [0.2, 0.25) is 0 Å². The summed E-state index contributed by atoms with van der Waals surface area (Å²) in [6.45, 7) is 3.04. The number of aliphatic hydroxyl groups is 1. The van der Waals surface area contributed by atoms with E-state index < -0.39 is 5.60 Å². The highest BCUT2D eigenvalue weighted by Gasteiger charge is 2.44. The second-order valence-corrected chi connectivity index (χ2v) is 5.97. The van der Waals surface area contributed by atoms with Crippen molar-refractivity contribution in [1.82, 2.24) is 4.90 Å². The van der Waals surface area contributed by atoms with Crippen LogP contribution in [-0.4, -0.2) is 40.1 Å². The molecule has 1 amide bonds. The molecule has 1 saturated heterocycles. The van der Waals surface area contributed by atoms with Crippen LogP contribution in [-0.2, 0) is 4.79 Å². The van der Waals surface area contributed by atoms with Crippen LogP contribution in [0, 0.1) is 0 Å². The smallest absolute Gasteiger partial charge is 0.224 e. The van der Waals surface area contributed by atoms with E-state index >= 15 is 0 Å². The Morgan fingerprint density at radius 2 is 1.94 bits per heavy atom. The van der Waals surface area contributed by atoms with Crippen LogP contribution in [0.15, 0.2) is 0 Å². The minimum Gasteiger partial charge on any atom is -0.386 e. The summed E-state index contributed by atoms with van der Waals surface area (Å²) in [6, 6.07) is 0. The number of β-amino-alcohol motifs (C(OH)–C–C–N with tert-alkyl or cyclic N) is 1. The second kappa shape index (κ2) is 4.58. The van der Waals surface area contributed by atoms with Crippen LogP contribution in [0.1, 0.15) is 51.9 Å². The molecule has 0 radical (unpaired) electrons. The van der Waals surface area contributed by atoms with E-state index in [0.29, 0.717) is 19.5 Å². The van der Waals surface area contributed by atoms with Crippen molar-refractivity contribution in [1.29, 1.82) is 0 Å². The molecule has 0 atom stereocenters. The second-order valence-electron chi connectivity index (χ2n) is 5.97. The van der Waals surface area contributed by atoms with Gasteiger partial charge in [-0.3, -0.25) is 4.79 Å². The Bertz CT molecular complexity index is 292. The van der Waals surface area contributed by atoms with Gasteiger partial charge in [0.1, 0.15) is 0 Å². The maximum Gasteiger partial charge on any atom is 0.224 e. The molecule has 0 aromatic heterocycles. The van der Waals surface area contributed by atoms with Gasteiger partial charge in [0, 0.05) is 12.0 Å². The molecule has 0 aromatic carbocycles. The van der Waals surface area contributed by atoms with Crippen molar-refractivity contribution in [3.63, 3.8) is 0 Å². The Morgan fingerprint density at radius 1 is 1.35 bits per heavy atom. The van der Waals surface area contributed by atoms with Crippen LogP contribution in [0.5, 0.6) is 0 Å². The Hall–Kier alpha value is -0.610. The zero-order valence-corrected chi connectivity index (χ0v) is 10.7. The van der Waals surface area contributed by atoms with E-state index in [1.165, 1.54) is 0 Å². The van der Waals surface area contributed by atoms with Gasteiger partial charge in [-0.05, 0) is 19.3 Å². The molecule has 4 nitrogen and oxygen atoms in total. The average Bonchev–Trinajstić information content (AvgIpc) is 2.61. The van der Waals surface area contributed by atoms with Gasteiger partial charge < -0.3 is 15.7 Å². The monoisotopic (exact) mass is 240 g/mol. The quantitative estimate of drug-likeness (QED) is 0.771. The summed E-state index contributed by atoms with van der Waals surface area (Å²) in [5.41, 5.74) is 5.30. The molecule has 4 heteroatoms. The lowest BCUT2D eigenvalue weighted by atomic mass is 9.87. The van der Waals surface area contributed by atoms with Gasteiger partial charge in [-0.25, -0.2) is 0 Å². The molecule has 0 unspecified atom stereocenters. The highest BCUT2D eigenvalue weighted by Crippen LogP contribution is 2.33. The van der Waals surface area contributed by atoms with Gasteiger partial charge >= 0.3 is 0 Å². The van der Waals surface area contributed by atoms with Gasteiger partial charge in [-0.15, -0.1) is 0 Å². The molecular weight excluding hydrogens is 216 g/mol. The van der Waals surface area contributed by atoms with E-state index in [0.717, 1.165) is 38.5 Å². The number of carbonyl (C=O) groups is 1. The molecule has 2 fully saturated rings. The fraction of sp³-hybridized carbons (Fsp3) is 0.923. The Labute approximate surface area is 103 Å². The van der Waals surface area contributed by atoms with Crippen molar-refractivity contribution in [3.8, 4) is 0 Å². The normalized spacial score (nSPS) is 25.7. The van der Waals surface area contributed by atoms with Crippen molar-refractivity contribution in [2.45, 2.75) is 63.0 Å². The van der Waals surface area contributed by atoms with Crippen molar-refractivity contribution >= 4 is 5.91 Å². The number of carbonyl (C=O) groups excluding carboxylic acids is 1. The summed E-state index contributed by atoms with van der Waals surface area (Å²) in [5.74, 6) is 0.121. The maximum atomic E-state index is 12.0. The van der Waals surface area contributed by atoms with Crippen LogP contribution >= 0.6 is 0 Å². The summed E-state index contributed by atoms with van der Waals surface area (Å²) in [4.78, 5) is 13.8. The summed E-state index contributed by atoms with van der Waals surface area (Å²) in [6.07, 6.45) is 6.41. The molecule has 0 bridgehead atoms. The van der Waals surface area contributed by atoms with Crippen molar-refractivity contribution in [3.05, 3.63) is 0 Å². The third kappa shape index (κ3) is 2.80. The van der Waals surface area contributed by atoms with Gasteiger partial charge in [0.2, 0.25) is 5.91 Å². The van der Waals surface area contributed by atoms with Crippen LogP contribution < -0.4 is 5.73 Å². The first-order chi connectivity index (χ1) is 7.96. The Morgan fingerprint density at radius 3 is 2.47 bits per heavy atom. The predicted octanol–water partition coefficient (Wildman–Crippen LogP) is 1.02. The molecule has 0 spiro atoms. The molecular formula is C13H24N2O2. The fourth-order valence-electron chi connectivity index (χ4n) is 3.13. The third-order valence-electron chi connectivity index (χ3n) is 4.14. The zero-order chi connectivity index (χ0) is 12.5. The largest absolute Gasteiger partial charge is 0.386 e. The molecule has 1 heterocycles. The van der Waals surface area contributed by atoms with Gasteiger partial charge in [0.05, 0.1) is 18.7 Å². The van der Waals surface area contributed by atoms with Crippen LogP contribution in [0.3, 0.4) is 0 Å². The number of rotatable bonds is 4. The lowest BCUT2D eigenvalue weighted by Gasteiger charge is -2.47. The van der Waals surface area contributed by atoms with Gasteiger partial charge in [0.25, 0.3) is 0 Å². The first kappa shape index (κ1) is 12.8. The Kier molecular flexibility index (Phi) is 3.46. The SMILES string of the molecule is CCCC1(O)CN(C(=O)CC2(N)CCCC2)C1. The summed E-state index contributed by atoms with van der Waals surface area (Å²) < 4.78 is 0. The van der Waals surface area contributed by atoms with Crippen LogP contribution in [0.4, 0.5) is 0 Å². The lowest BCUT2D eigenvalue weighted by Crippen LogP contribution is -2.64. The number of hydrogen-bond acceptors (Lipinski definition) is 3. The highest BCUT2D eigenvalue weighted by atomic mass is 16.3. The summed E-state index contributed by atoms with van der Waals surface area (Å²) in [5, 5.41) is 10.0. The topological polar surface area (TPSA) is 66.6 Å². The minimum absolute atomic E-state index is 0.121.